The van der Waals surface area contributed by atoms with Crippen LogP contribution in [0.5, 0.6) is 0 Å². The third-order valence-corrected chi connectivity index (χ3v) is 7.33. The number of hydrogen-bond acceptors (Lipinski definition) is 5. The monoisotopic (exact) mass is 546 g/mol. The van der Waals surface area contributed by atoms with Crippen molar-refractivity contribution in [3.8, 4) is 0 Å². The first-order valence-electron chi connectivity index (χ1n) is 13.0. The van der Waals surface area contributed by atoms with Gasteiger partial charge in [0.1, 0.15) is 6.33 Å². The quantitative estimate of drug-likeness (QED) is 0.324. The Morgan fingerprint density at radius 2 is 1.77 bits per heavy atom. The first-order chi connectivity index (χ1) is 19.0. The number of piperazine rings is 1. The lowest BCUT2D eigenvalue weighted by Crippen LogP contribution is -2.72. The molecule has 5 rings (SSSR count). The number of aryl methyl sites for hydroxylation is 1. The molecule has 0 bridgehead atoms. The molecule has 202 valence electrons. The molecule has 3 unspecified atom stereocenters. The van der Waals surface area contributed by atoms with Gasteiger partial charge in [0.05, 0.1) is 12.1 Å². The number of halogens is 1. The van der Waals surface area contributed by atoms with Crippen LogP contribution < -0.4 is 16.3 Å². The van der Waals surface area contributed by atoms with E-state index in [0.717, 1.165) is 0 Å². The maximum atomic E-state index is 14.1. The van der Waals surface area contributed by atoms with E-state index in [4.69, 9.17) is 11.6 Å². The third kappa shape index (κ3) is 4.96. The molecule has 2 amide bonds. The van der Waals surface area contributed by atoms with E-state index in [2.05, 4.69) is 15.7 Å². The zero-order chi connectivity index (χ0) is 27.4. The molecule has 3 atom stereocenters. The fraction of sp³-hybridized carbons (Fsp3) is 0.276. The number of benzene rings is 3. The van der Waals surface area contributed by atoms with Crippen LogP contribution in [0.1, 0.15) is 30.6 Å². The number of urea groups is 1. The Labute approximate surface area is 231 Å². The fourth-order valence-electron chi connectivity index (χ4n) is 5.34. The summed E-state index contributed by atoms with van der Waals surface area (Å²) in [6.45, 7) is 3.05. The second kappa shape index (κ2) is 11.4. The number of carbonyl (C=O) groups excluding carboxylic acids is 1. The van der Waals surface area contributed by atoms with Crippen LogP contribution in [0.4, 0.5) is 10.5 Å². The van der Waals surface area contributed by atoms with Crippen LogP contribution in [0.15, 0.2) is 96.1 Å². The molecular weight excluding hydrogens is 516 g/mol. The van der Waals surface area contributed by atoms with E-state index in [0.29, 0.717) is 41.3 Å². The number of aliphatic hydroxyl groups is 1. The summed E-state index contributed by atoms with van der Waals surface area (Å²) in [5.74, 6) is 0. The number of anilines is 1. The fourth-order valence-corrected chi connectivity index (χ4v) is 5.47. The maximum Gasteiger partial charge on any atom is 0.348 e. The van der Waals surface area contributed by atoms with Gasteiger partial charge >= 0.3 is 11.7 Å². The molecule has 1 aliphatic rings. The van der Waals surface area contributed by atoms with E-state index < -0.39 is 23.8 Å². The normalized spacial score (nSPS) is 20.0. The molecule has 9 nitrogen and oxygen atoms in total. The highest BCUT2D eigenvalue weighted by Gasteiger charge is 2.55. The summed E-state index contributed by atoms with van der Waals surface area (Å²) >= 11 is 6.13. The van der Waals surface area contributed by atoms with Gasteiger partial charge in [-0.3, -0.25) is 9.47 Å². The van der Waals surface area contributed by atoms with Gasteiger partial charge in [0, 0.05) is 35.9 Å². The number of nitrogens with one attached hydrogen (secondary N) is 2. The molecule has 4 aromatic rings. The standard InChI is InChI=1S/C29H31ClN6O3/c1-2-18-36-28(39)35(20-32-36)29(22-9-5-3-6-10-22)26(25(37)21-13-15-23(30)16-14-21)31-17-19-34(29)27(38)33-24-11-7-4-8-12-24/h3-16,20,25-26,31,37H,2,17-19H2,1H3,(H,33,38). The summed E-state index contributed by atoms with van der Waals surface area (Å²) in [5.41, 5.74) is 0.00988. The van der Waals surface area contributed by atoms with Gasteiger partial charge in [-0.05, 0) is 36.2 Å². The molecule has 39 heavy (non-hydrogen) atoms. The molecule has 3 N–H and O–H groups in total. The average molecular weight is 547 g/mol. The molecule has 1 aromatic heterocycles. The van der Waals surface area contributed by atoms with Crippen molar-refractivity contribution in [3.63, 3.8) is 0 Å². The Kier molecular flexibility index (Phi) is 7.83. The molecule has 3 aromatic carbocycles. The molecular formula is C29H31ClN6O3. The van der Waals surface area contributed by atoms with Gasteiger partial charge in [0.15, 0.2) is 5.66 Å². The zero-order valence-electron chi connectivity index (χ0n) is 21.6. The second-order valence-corrected chi connectivity index (χ2v) is 9.91. The number of amides is 2. The van der Waals surface area contributed by atoms with Crippen LogP contribution in [0.3, 0.4) is 0 Å². The number of aliphatic hydroxyl groups excluding tert-OH is 1. The molecule has 1 fully saturated rings. The van der Waals surface area contributed by atoms with Crippen molar-refractivity contribution in [1.82, 2.24) is 24.6 Å². The molecule has 1 saturated heterocycles. The van der Waals surface area contributed by atoms with Crippen molar-refractivity contribution in [3.05, 3.63) is 118 Å². The number of nitrogens with zero attached hydrogens (tertiary/aromatic N) is 4. The van der Waals surface area contributed by atoms with Crippen LogP contribution in [-0.4, -0.2) is 49.5 Å². The van der Waals surface area contributed by atoms with Gasteiger partial charge in [0.25, 0.3) is 0 Å². The van der Waals surface area contributed by atoms with Crippen molar-refractivity contribution in [2.24, 2.45) is 0 Å². The average Bonchev–Trinajstić information content (AvgIpc) is 3.33. The van der Waals surface area contributed by atoms with E-state index in [1.54, 1.807) is 41.3 Å². The van der Waals surface area contributed by atoms with Crippen molar-refractivity contribution in [2.75, 3.05) is 18.4 Å². The minimum atomic E-state index is -1.47. The molecule has 10 heteroatoms. The molecule has 0 spiro atoms. The minimum Gasteiger partial charge on any atom is -0.387 e. The molecule has 1 aliphatic heterocycles. The Morgan fingerprint density at radius 3 is 2.44 bits per heavy atom. The lowest BCUT2D eigenvalue weighted by atomic mass is 9.82. The van der Waals surface area contributed by atoms with Crippen LogP contribution in [0.2, 0.25) is 5.02 Å². The lowest BCUT2D eigenvalue weighted by Gasteiger charge is -2.53. The van der Waals surface area contributed by atoms with Crippen LogP contribution in [0.25, 0.3) is 0 Å². The first kappa shape index (κ1) is 26.7. The van der Waals surface area contributed by atoms with Gasteiger partial charge in [0.2, 0.25) is 0 Å². The summed E-state index contributed by atoms with van der Waals surface area (Å²) in [4.78, 5) is 29.6. The Hall–Kier alpha value is -3.92. The van der Waals surface area contributed by atoms with Gasteiger partial charge in [-0.2, -0.15) is 5.10 Å². The number of para-hydroxylation sites is 1. The van der Waals surface area contributed by atoms with E-state index in [9.17, 15) is 14.7 Å². The predicted octanol–water partition coefficient (Wildman–Crippen LogP) is 4.05. The predicted molar refractivity (Wildman–Crippen MR) is 151 cm³/mol. The van der Waals surface area contributed by atoms with E-state index in [1.165, 1.54) is 15.6 Å². The van der Waals surface area contributed by atoms with Crippen molar-refractivity contribution < 1.29 is 9.90 Å². The largest absolute Gasteiger partial charge is 0.387 e. The highest BCUT2D eigenvalue weighted by molar-refractivity contribution is 6.30. The van der Waals surface area contributed by atoms with Crippen molar-refractivity contribution >= 4 is 23.3 Å². The Balaban J connectivity index is 1.74. The summed E-state index contributed by atoms with van der Waals surface area (Å²) < 4.78 is 2.86. The molecule has 2 heterocycles. The SMILES string of the molecule is CCCn1ncn(C2(c3ccccc3)C(C(O)c3ccc(Cl)cc3)NCCN2C(=O)Nc2ccccc2)c1=O. The van der Waals surface area contributed by atoms with Gasteiger partial charge in [-0.1, -0.05) is 79.2 Å². The van der Waals surface area contributed by atoms with Crippen LogP contribution >= 0.6 is 11.6 Å². The van der Waals surface area contributed by atoms with E-state index >= 15 is 0 Å². The summed E-state index contributed by atoms with van der Waals surface area (Å²) in [5, 5.41) is 23.2. The van der Waals surface area contributed by atoms with Crippen molar-refractivity contribution in [2.45, 2.75) is 37.7 Å². The first-order valence-corrected chi connectivity index (χ1v) is 13.4. The van der Waals surface area contributed by atoms with Crippen LogP contribution in [0, 0.1) is 0 Å². The summed E-state index contributed by atoms with van der Waals surface area (Å²) in [6, 6.07) is 24.1. The maximum absolute atomic E-state index is 14.1. The lowest BCUT2D eigenvalue weighted by molar-refractivity contribution is -0.0329. The number of rotatable bonds is 7. The summed E-state index contributed by atoms with van der Waals surface area (Å²) in [6.07, 6.45) is 1.06. The molecule has 0 radical (unpaired) electrons. The highest BCUT2D eigenvalue weighted by atomic mass is 35.5. The van der Waals surface area contributed by atoms with Gasteiger partial charge in [-0.25, -0.2) is 14.3 Å². The van der Waals surface area contributed by atoms with Gasteiger partial charge < -0.3 is 15.7 Å². The number of carbonyl (C=O) groups is 1. The topological polar surface area (TPSA) is 104 Å². The van der Waals surface area contributed by atoms with E-state index in [1.807, 2.05) is 55.5 Å². The number of aromatic nitrogens is 3. The third-order valence-electron chi connectivity index (χ3n) is 7.08. The smallest absolute Gasteiger partial charge is 0.348 e. The Morgan fingerprint density at radius 1 is 1.10 bits per heavy atom. The molecule has 0 saturated carbocycles. The highest BCUT2D eigenvalue weighted by Crippen LogP contribution is 2.41. The molecule has 0 aliphatic carbocycles. The van der Waals surface area contributed by atoms with Crippen molar-refractivity contribution in [1.29, 1.82) is 0 Å². The van der Waals surface area contributed by atoms with E-state index in [-0.39, 0.29) is 12.2 Å². The zero-order valence-corrected chi connectivity index (χ0v) is 22.3. The minimum absolute atomic E-state index is 0.267. The van der Waals surface area contributed by atoms with Crippen LogP contribution in [-0.2, 0) is 12.2 Å². The summed E-state index contributed by atoms with van der Waals surface area (Å²) in [7, 11) is 0. The van der Waals surface area contributed by atoms with Gasteiger partial charge in [-0.15, -0.1) is 0 Å². The number of hydrogen-bond donors (Lipinski definition) is 3. The second-order valence-electron chi connectivity index (χ2n) is 9.47. The Bertz CT molecular complexity index is 1460.